The van der Waals surface area contributed by atoms with Crippen molar-refractivity contribution in [2.75, 3.05) is 64.7 Å². The zero-order chi connectivity index (χ0) is 26.6. The third-order valence-corrected chi connectivity index (χ3v) is 5.61. The predicted octanol–water partition coefficient (Wildman–Crippen LogP) is 0.0408. The molecule has 2 heterocycles. The van der Waals surface area contributed by atoms with E-state index in [1.54, 1.807) is 12.1 Å². The number of nitrogens with one attached hydrogen (secondary N) is 2. The van der Waals surface area contributed by atoms with Gasteiger partial charge >= 0.3 is 5.97 Å². The minimum Gasteiger partial charge on any atom is -0.481 e. The van der Waals surface area contributed by atoms with Crippen molar-refractivity contribution >= 4 is 35.3 Å². The summed E-state index contributed by atoms with van der Waals surface area (Å²) in [6.07, 6.45) is 0.130. The van der Waals surface area contributed by atoms with Gasteiger partial charge in [0.05, 0.1) is 70.4 Å². The molecule has 37 heavy (non-hydrogen) atoms. The fourth-order valence-electron chi connectivity index (χ4n) is 3.84. The number of fused-ring (bicyclic) bond motifs is 1. The molecule has 2 aliphatic rings. The molecule has 3 N–H and O–H groups in total. The van der Waals surface area contributed by atoms with Gasteiger partial charge in [-0.15, -0.1) is 0 Å². The van der Waals surface area contributed by atoms with E-state index in [0.29, 0.717) is 58.5 Å². The number of benzene rings is 1. The van der Waals surface area contributed by atoms with E-state index in [1.807, 2.05) is 0 Å². The molecule has 1 unspecified atom stereocenters. The van der Waals surface area contributed by atoms with Gasteiger partial charge in [-0.05, 0) is 18.6 Å². The summed E-state index contributed by atoms with van der Waals surface area (Å²) in [4.78, 5) is 60.8. The van der Waals surface area contributed by atoms with Crippen LogP contribution in [0.3, 0.4) is 0 Å². The van der Waals surface area contributed by atoms with Gasteiger partial charge in [-0.3, -0.25) is 34.2 Å². The molecular formula is C24H31N3O10. The Morgan fingerprint density at radius 1 is 0.919 bits per heavy atom. The van der Waals surface area contributed by atoms with Crippen LogP contribution < -0.4 is 10.6 Å². The Bertz CT molecular complexity index is 999. The smallest absolute Gasteiger partial charge is 0.305 e. The Hall–Kier alpha value is -3.39. The maximum Gasteiger partial charge on any atom is 0.305 e. The number of carbonyl (C=O) groups is 5. The van der Waals surface area contributed by atoms with E-state index in [4.69, 9.17) is 24.1 Å². The number of ether oxygens (including phenoxy) is 4. The van der Waals surface area contributed by atoms with Gasteiger partial charge in [0, 0.05) is 18.7 Å². The Balaban J connectivity index is 1.30. The zero-order valence-corrected chi connectivity index (χ0v) is 20.4. The number of imide groups is 2. The first-order chi connectivity index (χ1) is 17.9. The van der Waals surface area contributed by atoms with Crippen LogP contribution in [0.1, 0.15) is 40.0 Å². The lowest BCUT2D eigenvalue weighted by atomic mass is 10.0. The molecule has 0 spiro atoms. The topological polar surface area (TPSA) is 170 Å². The lowest BCUT2D eigenvalue weighted by molar-refractivity contribution is -0.138. The Morgan fingerprint density at radius 2 is 1.54 bits per heavy atom. The SMILES string of the molecule is O=C(O)CCOCCOCCOCCOCCNc1cccc2c1C(=O)N(C1CCC(=O)NC1=O)C2=O. The third-order valence-electron chi connectivity index (χ3n) is 5.61. The number of anilines is 1. The number of rotatable bonds is 17. The third kappa shape index (κ3) is 8.05. The van der Waals surface area contributed by atoms with E-state index >= 15 is 0 Å². The van der Waals surface area contributed by atoms with Gasteiger partial charge in [0.1, 0.15) is 6.04 Å². The van der Waals surface area contributed by atoms with E-state index in [9.17, 15) is 24.0 Å². The van der Waals surface area contributed by atoms with Gasteiger partial charge in [-0.1, -0.05) is 6.07 Å². The highest BCUT2D eigenvalue weighted by Crippen LogP contribution is 2.32. The largest absolute Gasteiger partial charge is 0.481 e. The standard InChI is InChI=1S/C24H31N3O10/c28-19-5-4-18(22(31)26-19)27-23(32)16-2-1-3-17(21(16)24(27)33)25-7-9-35-11-13-37-15-14-36-12-10-34-8-6-20(29)30/h1-3,18,25H,4-15H2,(H,29,30)(H,26,28,31). The van der Waals surface area contributed by atoms with Crippen LogP contribution in [0.5, 0.6) is 0 Å². The van der Waals surface area contributed by atoms with Crippen LogP contribution in [0.15, 0.2) is 18.2 Å². The molecular weight excluding hydrogens is 490 g/mol. The average Bonchev–Trinajstić information content (AvgIpc) is 3.12. The van der Waals surface area contributed by atoms with Crippen LogP contribution >= 0.6 is 0 Å². The number of aliphatic carboxylic acids is 1. The Labute approximate surface area is 213 Å². The maximum atomic E-state index is 13.0. The molecule has 1 saturated heterocycles. The minimum absolute atomic E-state index is 0.0346. The number of amides is 4. The Kier molecular flexibility index (Phi) is 11.0. The lowest BCUT2D eigenvalue weighted by Crippen LogP contribution is -2.54. The summed E-state index contributed by atoms with van der Waals surface area (Å²) >= 11 is 0. The summed E-state index contributed by atoms with van der Waals surface area (Å²) in [5, 5.41) is 13.8. The van der Waals surface area contributed by atoms with E-state index in [2.05, 4.69) is 10.6 Å². The molecule has 1 fully saturated rings. The van der Waals surface area contributed by atoms with Crippen LogP contribution in [0.4, 0.5) is 5.69 Å². The van der Waals surface area contributed by atoms with Gasteiger partial charge in [-0.25, -0.2) is 0 Å². The first-order valence-corrected chi connectivity index (χ1v) is 12.0. The molecule has 202 valence electrons. The molecule has 3 rings (SSSR count). The van der Waals surface area contributed by atoms with Crippen molar-refractivity contribution in [2.45, 2.75) is 25.3 Å². The highest BCUT2D eigenvalue weighted by molar-refractivity contribution is 6.25. The van der Waals surface area contributed by atoms with Crippen LogP contribution in [-0.2, 0) is 33.3 Å². The highest BCUT2D eigenvalue weighted by Gasteiger charge is 2.45. The van der Waals surface area contributed by atoms with Crippen LogP contribution in [0, 0.1) is 0 Å². The van der Waals surface area contributed by atoms with E-state index in [0.717, 1.165) is 4.90 Å². The fourth-order valence-corrected chi connectivity index (χ4v) is 3.84. The summed E-state index contributed by atoms with van der Waals surface area (Å²) in [5.74, 6) is -3.09. The van der Waals surface area contributed by atoms with Crippen molar-refractivity contribution in [2.24, 2.45) is 0 Å². The van der Waals surface area contributed by atoms with Crippen molar-refractivity contribution in [1.29, 1.82) is 0 Å². The number of nitrogens with zero attached hydrogens (tertiary/aromatic N) is 1. The molecule has 1 aromatic carbocycles. The number of hydrogen-bond acceptors (Lipinski definition) is 10. The van der Waals surface area contributed by atoms with Gasteiger partial charge in [0.15, 0.2) is 0 Å². The van der Waals surface area contributed by atoms with E-state index < -0.39 is 35.6 Å². The van der Waals surface area contributed by atoms with Crippen LogP contribution in [0.2, 0.25) is 0 Å². The number of carbonyl (C=O) groups excluding carboxylic acids is 4. The average molecular weight is 522 g/mol. The second-order valence-corrected chi connectivity index (χ2v) is 8.20. The van der Waals surface area contributed by atoms with Crippen LogP contribution in [-0.4, -0.2) is 105 Å². The van der Waals surface area contributed by atoms with Crippen molar-refractivity contribution in [3.05, 3.63) is 29.3 Å². The monoisotopic (exact) mass is 521 g/mol. The summed E-state index contributed by atoms with van der Waals surface area (Å²) < 4.78 is 21.3. The first-order valence-electron chi connectivity index (χ1n) is 12.0. The highest BCUT2D eigenvalue weighted by atomic mass is 16.6. The van der Waals surface area contributed by atoms with E-state index in [1.165, 1.54) is 6.07 Å². The molecule has 1 atom stereocenters. The lowest BCUT2D eigenvalue weighted by Gasteiger charge is -2.27. The predicted molar refractivity (Wildman–Crippen MR) is 127 cm³/mol. The molecule has 2 aliphatic heterocycles. The zero-order valence-electron chi connectivity index (χ0n) is 20.4. The van der Waals surface area contributed by atoms with Crippen LogP contribution in [0.25, 0.3) is 0 Å². The van der Waals surface area contributed by atoms with Crippen molar-refractivity contribution in [1.82, 2.24) is 10.2 Å². The van der Waals surface area contributed by atoms with Crippen molar-refractivity contribution in [3.8, 4) is 0 Å². The summed E-state index contributed by atoms with van der Waals surface area (Å²) in [6.45, 7) is 3.02. The maximum absolute atomic E-state index is 13.0. The number of carboxylic acid groups (broad SMARTS) is 1. The molecule has 0 aliphatic carbocycles. The summed E-state index contributed by atoms with van der Waals surface area (Å²) in [7, 11) is 0. The molecule has 13 heteroatoms. The minimum atomic E-state index is -1.01. The molecule has 0 saturated carbocycles. The molecule has 0 bridgehead atoms. The van der Waals surface area contributed by atoms with Gasteiger partial charge in [-0.2, -0.15) is 0 Å². The summed E-state index contributed by atoms with van der Waals surface area (Å²) in [5.41, 5.74) is 0.880. The first kappa shape index (κ1) is 28.2. The molecule has 0 radical (unpaired) electrons. The van der Waals surface area contributed by atoms with Crippen molar-refractivity contribution in [3.63, 3.8) is 0 Å². The second kappa shape index (κ2) is 14.4. The van der Waals surface area contributed by atoms with E-state index in [-0.39, 0.29) is 37.0 Å². The van der Waals surface area contributed by atoms with Gasteiger partial charge in [0.2, 0.25) is 11.8 Å². The number of carboxylic acids is 1. The number of hydrogen-bond donors (Lipinski definition) is 3. The normalized spacial score (nSPS) is 17.2. The number of piperidine rings is 1. The second-order valence-electron chi connectivity index (χ2n) is 8.20. The van der Waals surface area contributed by atoms with Gasteiger partial charge in [0.25, 0.3) is 11.8 Å². The quantitative estimate of drug-likeness (QED) is 0.187. The summed E-state index contributed by atoms with van der Waals surface area (Å²) in [6, 6.07) is 3.86. The molecule has 4 amide bonds. The van der Waals surface area contributed by atoms with Gasteiger partial charge < -0.3 is 29.4 Å². The Morgan fingerprint density at radius 3 is 2.16 bits per heavy atom. The fraction of sp³-hybridized carbons (Fsp3) is 0.542. The molecule has 13 nitrogen and oxygen atoms in total. The molecule has 0 aromatic heterocycles. The van der Waals surface area contributed by atoms with Crippen molar-refractivity contribution < 1.29 is 48.0 Å². The molecule has 1 aromatic rings.